The minimum absolute atomic E-state index is 0.142. The van der Waals surface area contributed by atoms with Crippen LogP contribution in [-0.2, 0) is 4.79 Å². The first-order valence-electron chi connectivity index (χ1n) is 3.10. The molecule has 0 aromatic rings. The summed E-state index contributed by atoms with van der Waals surface area (Å²) in [6.07, 6.45) is 0. The maximum atomic E-state index is 10.7. The number of hydrogen-bond acceptors (Lipinski definition) is 2. The van der Waals surface area contributed by atoms with Crippen molar-refractivity contribution in [1.82, 2.24) is 10.6 Å². The van der Waals surface area contributed by atoms with Crippen LogP contribution in [0.1, 0.15) is 6.92 Å². The summed E-state index contributed by atoms with van der Waals surface area (Å²) in [6, 6.07) is 0. The molecule has 11 heavy (non-hydrogen) atoms. The third-order valence-electron chi connectivity index (χ3n) is 0.812. The van der Waals surface area contributed by atoms with Gasteiger partial charge in [0.1, 0.15) is 0 Å². The van der Waals surface area contributed by atoms with E-state index in [2.05, 4.69) is 10.6 Å². The van der Waals surface area contributed by atoms with Crippen LogP contribution < -0.4 is 10.6 Å². The molecule has 2 amide bonds. The summed E-state index contributed by atoms with van der Waals surface area (Å²) in [5, 5.41) is 4.49. The second kappa shape index (κ2) is 4.82. The Hall–Kier alpha value is -0.930. The number of rotatable bonds is 3. The van der Waals surface area contributed by atoms with Crippen LogP contribution in [-0.4, -0.2) is 39.9 Å². The maximum Gasteiger partial charge on any atom is 0.238 e. The van der Waals surface area contributed by atoms with E-state index in [0.717, 1.165) is 0 Å². The Kier molecular flexibility index (Phi) is 4.41. The Morgan fingerprint density at radius 2 is 2.09 bits per heavy atom. The molecule has 56 valence electrons. The molecule has 1 unspecified atom stereocenters. The number of hydrogen-bond donors (Lipinski definition) is 2. The molecule has 1 atom stereocenters. The molecule has 2 N–H and O–H groups in total. The van der Waals surface area contributed by atoms with Gasteiger partial charge in [-0.3, -0.25) is 9.59 Å². The minimum atomic E-state index is -0.732. The zero-order chi connectivity index (χ0) is 8.85. The molecule has 0 aromatic heterocycles. The molecule has 0 aliphatic heterocycles. The van der Waals surface area contributed by atoms with Gasteiger partial charge in [0.25, 0.3) is 0 Å². The van der Waals surface area contributed by atoms with E-state index in [1.807, 2.05) is 0 Å². The van der Waals surface area contributed by atoms with Crippen molar-refractivity contribution in [3.63, 3.8) is 0 Å². The molecule has 0 heterocycles. The molecule has 0 aliphatic rings. The number of carbonyl (C=O) groups is 2. The predicted octanol–water partition coefficient (Wildman–Crippen LogP) is -1.50. The van der Waals surface area contributed by atoms with Crippen molar-refractivity contribution in [3.8, 4) is 0 Å². The van der Waals surface area contributed by atoms with Crippen molar-refractivity contribution in [2.45, 2.75) is 12.9 Å². The Bertz CT molecular complexity index is 161. The molecule has 0 aromatic carbocycles. The Morgan fingerprint density at radius 1 is 1.55 bits per heavy atom. The minimum Gasteiger partial charge on any atom is -0.361 e. The number of nitrogens with one attached hydrogen (secondary N) is 2. The van der Waals surface area contributed by atoms with E-state index in [0.29, 0.717) is 0 Å². The summed E-state index contributed by atoms with van der Waals surface area (Å²) in [6.45, 7) is 1.47. The van der Waals surface area contributed by atoms with Crippen LogP contribution >= 0.6 is 0 Å². The van der Waals surface area contributed by atoms with Gasteiger partial charge in [-0.05, 0) is 5.94 Å². The molecule has 0 saturated heterocycles. The summed E-state index contributed by atoms with van der Waals surface area (Å²) >= 11 is 0. The highest BCUT2D eigenvalue weighted by Crippen LogP contribution is 1.70. The molecular formula is C5H8B2N2O2. The van der Waals surface area contributed by atoms with Gasteiger partial charge in [-0.1, -0.05) is 6.92 Å². The lowest BCUT2D eigenvalue weighted by atomic mass is 9.99. The topological polar surface area (TPSA) is 58.2 Å². The fourth-order valence-electron chi connectivity index (χ4n) is 0.472. The van der Waals surface area contributed by atoms with E-state index < -0.39 is 11.7 Å². The third-order valence-corrected chi connectivity index (χ3v) is 0.812. The van der Waals surface area contributed by atoms with Gasteiger partial charge < -0.3 is 10.6 Å². The highest BCUT2D eigenvalue weighted by Gasteiger charge is 2.01. The number of amides is 2. The summed E-state index contributed by atoms with van der Waals surface area (Å²) in [5.74, 6) is -1.51. The first kappa shape index (κ1) is 10.1. The molecule has 0 rings (SSSR count). The van der Waals surface area contributed by atoms with Crippen LogP contribution in [0, 0.1) is 0 Å². The molecular weight excluding hydrogens is 142 g/mol. The Morgan fingerprint density at radius 3 is 2.45 bits per heavy atom. The van der Waals surface area contributed by atoms with Crippen molar-refractivity contribution >= 4 is 27.4 Å². The van der Waals surface area contributed by atoms with E-state index in [4.69, 9.17) is 15.7 Å². The van der Waals surface area contributed by atoms with Crippen molar-refractivity contribution in [3.05, 3.63) is 0 Å². The lowest BCUT2D eigenvalue weighted by molar-refractivity contribution is -0.120. The average Bonchev–Trinajstić information content (AvgIpc) is 1.82. The second-order valence-corrected chi connectivity index (χ2v) is 2.07. The quantitative estimate of drug-likeness (QED) is 0.480. The van der Waals surface area contributed by atoms with E-state index in [1.165, 1.54) is 0 Å². The molecule has 4 radical (unpaired) electrons. The van der Waals surface area contributed by atoms with Gasteiger partial charge in [0.2, 0.25) is 13.8 Å². The van der Waals surface area contributed by atoms with Crippen LogP contribution in [0.4, 0.5) is 4.79 Å². The van der Waals surface area contributed by atoms with Crippen LogP contribution in [0.3, 0.4) is 0 Å². The zero-order valence-corrected chi connectivity index (χ0v) is 6.26. The van der Waals surface area contributed by atoms with E-state index >= 15 is 0 Å². The lowest BCUT2D eigenvalue weighted by Crippen LogP contribution is -2.40. The molecule has 0 aliphatic carbocycles. The van der Waals surface area contributed by atoms with Crippen LogP contribution in [0.15, 0.2) is 0 Å². The van der Waals surface area contributed by atoms with Gasteiger partial charge in [0, 0.05) is 0 Å². The normalized spacial score (nSPS) is 11.7. The predicted molar refractivity (Wildman–Crippen MR) is 42.5 cm³/mol. The molecule has 4 nitrogen and oxygen atoms in total. The summed E-state index contributed by atoms with van der Waals surface area (Å²) < 4.78 is 0. The molecule has 6 heteroatoms. The highest BCUT2D eigenvalue weighted by atomic mass is 16.2. The average molecular weight is 150 g/mol. The van der Waals surface area contributed by atoms with Gasteiger partial charge in [-0.2, -0.15) is 0 Å². The largest absolute Gasteiger partial charge is 0.361 e. The van der Waals surface area contributed by atoms with Gasteiger partial charge in [-0.15, -0.1) is 0 Å². The van der Waals surface area contributed by atoms with Gasteiger partial charge in [0.15, 0.2) is 5.81 Å². The Balaban J connectivity index is 3.45. The van der Waals surface area contributed by atoms with Crippen LogP contribution in [0.25, 0.3) is 0 Å². The molecule has 0 saturated carbocycles. The second-order valence-electron chi connectivity index (χ2n) is 2.07. The standard InChI is InChI=1S/C5H8B2N2O2/c1-3(6)9-4(10)2-8-5(7)11/h3H,2H2,1H3,(H,8,11)(H,9,10). The maximum absolute atomic E-state index is 10.7. The van der Waals surface area contributed by atoms with Crippen LogP contribution in [0.5, 0.6) is 0 Å². The van der Waals surface area contributed by atoms with Crippen molar-refractivity contribution in [2.24, 2.45) is 0 Å². The van der Waals surface area contributed by atoms with Gasteiger partial charge in [-0.25, -0.2) is 0 Å². The molecule has 0 spiro atoms. The SMILES string of the molecule is [B]C(=O)NCC(=O)NC([B])C. The lowest BCUT2D eigenvalue weighted by Gasteiger charge is -2.08. The Labute approximate surface area is 67.9 Å². The first-order chi connectivity index (χ1) is 5.02. The number of carbonyl (C=O) groups excluding carboxylic acids is 2. The molecule has 0 bridgehead atoms. The first-order valence-corrected chi connectivity index (χ1v) is 3.10. The highest BCUT2D eigenvalue weighted by molar-refractivity contribution is 6.57. The van der Waals surface area contributed by atoms with Gasteiger partial charge >= 0.3 is 0 Å². The summed E-state index contributed by atoms with van der Waals surface area (Å²) in [4.78, 5) is 20.8. The monoisotopic (exact) mass is 150 g/mol. The van der Waals surface area contributed by atoms with Crippen molar-refractivity contribution in [2.75, 3.05) is 6.54 Å². The van der Waals surface area contributed by atoms with E-state index in [1.54, 1.807) is 6.92 Å². The van der Waals surface area contributed by atoms with E-state index in [9.17, 15) is 9.59 Å². The fraction of sp³-hybridized carbons (Fsp3) is 0.600. The van der Waals surface area contributed by atoms with Crippen molar-refractivity contribution in [1.29, 1.82) is 0 Å². The van der Waals surface area contributed by atoms with Crippen LogP contribution in [0.2, 0.25) is 0 Å². The van der Waals surface area contributed by atoms with Crippen molar-refractivity contribution < 1.29 is 9.59 Å². The smallest absolute Gasteiger partial charge is 0.238 e. The zero-order valence-electron chi connectivity index (χ0n) is 6.26. The van der Waals surface area contributed by atoms with Gasteiger partial charge in [0.05, 0.1) is 14.4 Å². The summed E-state index contributed by atoms with van der Waals surface area (Å²) in [5.41, 5.74) is 0. The van der Waals surface area contributed by atoms with E-state index in [-0.39, 0.29) is 12.5 Å². The molecule has 0 fully saturated rings. The third kappa shape index (κ3) is 6.96. The fourth-order valence-corrected chi connectivity index (χ4v) is 0.472. The summed E-state index contributed by atoms with van der Waals surface area (Å²) in [7, 11) is 9.93.